The highest BCUT2D eigenvalue weighted by atomic mass is 32.1. The lowest BCUT2D eigenvalue weighted by Crippen LogP contribution is -2.21. The van der Waals surface area contributed by atoms with Gasteiger partial charge >= 0.3 is 0 Å². The largest absolute Gasteiger partial charge is 0.508 e. The van der Waals surface area contributed by atoms with Gasteiger partial charge < -0.3 is 10.4 Å². The number of halogens is 1. The van der Waals surface area contributed by atoms with Crippen molar-refractivity contribution in [1.82, 2.24) is 10.3 Å². The zero-order valence-corrected chi connectivity index (χ0v) is 11.8. The van der Waals surface area contributed by atoms with E-state index in [0.29, 0.717) is 5.56 Å². The topological polar surface area (TPSA) is 45.1 Å². The van der Waals surface area contributed by atoms with Crippen molar-refractivity contribution < 1.29 is 9.50 Å². The Morgan fingerprint density at radius 1 is 1.47 bits per heavy atom. The Labute approximate surface area is 116 Å². The molecule has 0 saturated heterocycles. The van der Waals surface area contributed by atoms with Crippen LogP contribution < -0.4 is 5.32 Å². The van der Waals surface area contributed by atoms with E-state index in [1.54, 1.807) is 17.4 Å². The summed E-state index contributed by atoms with van der Waals surface area (Å²) in [4.78, 5) is 4.39. The Kier molecular flexibility index (Phi) is 4.50. The smallest absolute Gasteiger partial charge is 0.126 e. The molecule has 0 aliphatic rings. The van der Waals surface area contributed by atoms with Gasteiger partial charge in [0.25, 0.3) is 0 Å². The highest BCUT2D eigenvalue weighted by Gasteiger charge is 2.10. The maximum atomic E-state index is 12.9. The minimum atomic E-state index is -0.424. The molecule has 0 radical (unpaired) electrons. The van der Waals surface area contributed by atoms with Crippen molar-refractivity contribution in [3.8, 4) is 5.75 Å². The van der Waals surface area contributed by atoms with Crippen molar-refractivity contribution >= 4 is 11.3 Å². The Morgan fingerprint density at radius 2 is 2.26 bits per heavy atom. The van der Waals surface area contributed by atoms with Gasteiger partial charge in [-0.05, 0) is 19.9 Å². The van der Waals surface area contributed by atoms with Crippen molar-refractivity contribution in [3.05, 3.63) is 45.7 Å². The summed E-state index contributed by atoms with van der Waals surface area (Å²) in [6.45, 7) is 4.69. The Hall–Kier alpha value is -1.46. The van der Waals surface area contributed by atoms with Crippen molar-refractivity contribution in [1.29, 1.82) is 0 Å². The van der Waals surface area contributed by atoms with Crippen LogP contribution in [0.4, 0.5) is 4.39 Å². The average molecular weight is 280 g/mol. The Morgan fingerprint density at radius 3 is 2.89 bits per heavy atom. The van der Waals surface area contributed by atoms with Gasteiger partial charge in [-0.2, -0.15) is 0 Å². The first-order chi connectivity index (χ1) is 9.06. The fraction of sp³-hybridized carbons (Fsp3) is 0.357. The van der Waals surface area contributed by atoms with Gasteiger partial charge in [0.05, 0.1) is 5.01 Å². The lowest BCUT2D eigenvalue weighted by molar-refractivity contribution is 0.447. The highest BCUT2D eigenvalue weighted by Crippen LogP contribution is 2.24. The summed E-state index contributed by atoms with van der Waals surface area (Å²) in [7, 11) is 0. The number of aromatic nitrogens is 1. The number of hydrogen-bond donors (Lipinski definition) is 2. The first kappa shape index (κ1) is 14.0. The summed E-state index contributed by atoms with van der Waals surface area (Å²) >= 11 is 1.65. The third-order valence-electron chi connectivity index (χ3n) is 2.91. The molecular formula is C14H17FN2OS. The molecule has 1 heterocycles. The number of nitrogens with zero attached hydrogens (tertiary/aromatic N) is 1. The normalized spacial score (nSPS) is 12.6. The summed E-state index contributed by atoms with van der Waals surface area (Å²) in [5, 5.41) is 16.1. The van der Waals surface area contributed by atoms with Crippen molar-refractivity contribution in [2.45, 2.75) is 26.3 Å². The second-order valence-corrected chi connectivity index (χ2v) is 5.45. The van der Waals surface area contributed by atoms with Crippen LogP contribution >= 0.6 is 11.3 Å². The van der Waals surface area contributed by atoms with Crippen LogP contribution in [-0.4, -0.2) is 16.6 Å². The SMILES string of the molecule is Cc1csc(CCNC(C)c2ccc(F)cc2O)n1. The van der Waals surface area contributed by atoms with E-state index in [0.717, 1.165) is 29.7 Å². The van der Waals surface area contributed by atoms with E-state index in [-0.39, 0.29) is 11.8 Å². The van der Waals surface area contributed by atoms with Gasteiger partial charge in [0.1, 0.15) is 11.6 Å². The highest BCUT2D eigenvalue weighted by molar-refractivity contribution is 7.09. The number of rotatable bonds is 5. The second kappa shape index (κ2) is 6.12. The molecule has 2 N–H and O–H groups in total. The van der Waals surface area contributed by atoms with E-state index in [1.807, 2.05) is 19.2 Å². The number of nitrogens with one attached hydrogen (secondary N) is 1. The van der Waals surface area contributed by atoms with Crippen LogP contribution in [-0.2, 0) is 6.42 Å². The van der Waals surface area contributed by atoms with Gasteiger partial charge in [-0.25, -0.2) is 9.37 Å². The summed E-state index contributed by atoms with van der Waals surface area (Å²) in [6.07, 6.45) is 0.852. The number of phenolic OH excluding ortho intramolecular Hbond substituents is 1. The van der Waals surface area contributed by atoms with Gasteiger partial charge in [-0.15, -0.1) is 11.3 Å². The molecule has 102 valence electrons. The number of aromatic hydroxyl groups is 1. The standard InChI is InChI=1S/C14H17FN2OS/c1-9-8-19-14(17-9)5-6-16-10(2)12-4-3-11(15)7-13(12)18/h3-4,7-8,10,16,18H,5-6H2,1-2H3. The van der Waals surface area contributed by atoms with Crippen molar-refractivity contribution in [2.75, 3.05) is 6.54 Å². The van der Waals surface area contributed by atoms with Crippen LogP contribution in [0.1, 0.15) is 29.2 Å². The Balaban J connectivity index is 1.88. The van der Waals surface area contributed by atoms with Crippen LogP contribution in [0, 0.1) is 12.7 Å². The van der Waals surface area contributed by atoms with Crippen LogP contribution in [0.5, 0.6) is 5.75 Å². The fourth-order valence-corrected chi connectivity index (χ4v) is 2.68. The predicted octanol–water partition coefficient (Wildman–Crippen LogP) is 3.19. The second-order valence-electron chi connectivity index (χ2n) is 4.51. The molecule has 1 aromatic heterocycles. The molecule has 1 aromatic carbocycles. The molecule has 19 heavy (non-hydrogen) atoms. The molecule has 2 aromatic rings. The van der Waals surface area contributed by atoms with Gasteiger partial charge in [0.15, 0.2) is 0 Å². The van der Waals surface area contributed by atoms with Crippen LogP contribution in [0.3, 0.4) is 0 Å². The predicted molar refractivity (Wildman–Crippen MR) is 75.0 cm³/mol. The lowest BCUT2D eigenvalue weighted by Gasteiger charge is -2.15. The molecule has 0 aliphatic heterocycles. The molecule has 0 aliphatic carbocycles. The van der Waals surface area contributed by atoms with E-state index in [1.165, 1.54) is 6.07 Å². The third-order valence-corrected chi connectivity index (χ3v) is 3.94. The first-order valence-corrected chi connectivity index (χ1v) is 7.07. The number of aryl methyl sites for hydroxylation is 1. The van der Waals surface area contributed by atoms with Gasteiger partial charge in [0, 0.05) is 41.7 Å². The number of benzene rings is 1. The van der Waals surface area contributed by atoms with E-state index in [9.17, 15) is 9.50 Å². The average Bonchev–Trinajstić information content (AvgIpc) is 2.75. The minimum absolute atomic E-state index is 0.00917. The first-order valence-electron chi connectivity index (χ1n) is 6.19. The summed E-state index contributed by atoms with van der Waals surface area (Å²) in [5.41, 5.74) is 1.75. The zero-order chi connectivity index (χ0) is 13.8. The van der Waals surface area contributed by atoms with Gasteiger partial charge in [-0.1, -0.05) is 6.07 Å². The van der Waals surface area contributed by atoms with Crippen molar-refractivity contribution in [3.63, 3.8) is 0 Å². The third kappa shape index (κ3) is 3.75. The molecule has 1 atom stereocenters. The van der Waals surface area contributed by atoms with E-state index < -0.39 is 5.82 Å². The molecular weight excluding hydrogens is 263 g/mol. The minimum Gasteiger partial charge on any atom is -0.508 e. The molecule has 1 unspecified atom stereocenters. The summed E-state index contributed by atoms with van der Waals surface area (Å²) in [5.74, 6) is -0.434. The molecule has 0 spiro atoms. The molecule has 2 rings (SSSR count). The number of hydrogen-bond acceptors (Lipinski definition) is 4. The zero-order valence-electron chi connectivity index (χ0n) is 11.0. The molecule has 0 fully saturated rings. The maximum Gasteiger partial charge on any atom is 0.126 e. The summed E-state index contributed by atoms with van der Waals surface area (Å²) in [6, 6.07) is 4.08. The summed E-state index contributed by atoms with van der Waals surface area (Å²) < 4.78 is 12.9. The maximum absolute atomic E-state index is 12.9. The van der Waals surface area contributed by atoms with Crippen LogP contribution in [0.2, 0.25) is 0 Å². The van der Waals surface area contributed by atoms with Gasteiger partial charge in [0.2, 0.25) is 0 Å². The molecule has 0 bridgehead atoms. The molecule has 5 heteroatoms. The molecule has 0 saturated carbocycles. The Bertz CT molecular complexity index is 556. The van der Waals surface area contributed by atoms with Crippen LogP contribution in [0.15, 0.2) is 23.6 Å². The van der Waals surface area contributed by atoms with Crippen molar-refractivity contribution in [2.24, 2.45) is 0 Å². The monoisotopic (exact) mass is 280 g/mol. The number of thiazole rings is 1. The van der Waals surface area contributed by atoms with E-state index in [2.05, 4.69) is 10.3 Å². The molecule has 3 nitrogen and oxygen atoms in total. The fourth-order valence-electron chi connectivity index (χ4n) is 1.91. The van der Waals surface area contributed by atoms with Crippen LogP contribution in [0.25, 0.3) is 0 Å². The quantitative estimate of drug-likeness (QED) is 0.884. The van der Waals surface area contributed by atoms with E-state index >= 15 is 0 Å². The molecule has 0 amide bonds. The number of phenols is 1. The lowest BCUT2D eigenvalue weighted by atomic mass is 10.1. The van der Waals surface area contributed by atoms with E-state index in [4.69, 9.17) is 0 Å². The van der Waals surface area contributed by atoms with Gasteiger partial charge in [-0.3, -0.25) is 0 Å².